The number of halogens is 5. The molecule has 0 saturated carbocycles. The predicted molar refractivity (Wildman–Crippen MR) is 420 cm³/mol. The second kappa shape index (κ2) is 37.5. The fourth-order valence-corrected chi connectivity index (χ4v) is 15.2. The summed E-state index contributed by atoms with van der Waals surface area (Å²) < 4.78 is 82.4. The van der Waals surface area contributed by atoms with Crippen molar-refractivity contribution in [3.05, 3.63) is 171 Å². The molecule has 0 radical (unpaired) electrons. The van der Waals surface area contributed by atoms with Crippen molar-refractivity contribution in [1.82, 2.24) is 53.0 Å². The zero-order valence-corrected chi connectivity index (χ0v) is 66.9. The molecule has 7 aromatic rings. The van der Waals surface area contributed by atoms with Gasteiger partial charge in [-0.2, -0.15) is 0 Å². The number of hydrogen-bond acceptors (Lipinski definition) is 29. The molecule has 1 aromatic heterocycles. The third-order valence-electron chi connectivity index (χ3n) is 20.9. The lowest BCUT2D eigenvalue weighted by Gasteiger charge is -2.48. The number of aliphatic hydroxyl groups excluding tert-OH is 6. The molecule has 123 heavy (non-hydrogen) atoms. The molecule has 11 bridgehead atoms. The molecule has 7 aliphatic rings. The zero-order valence-electron chi connectivity index (χ0n) is 65.4. The maximum Gasteiger partial charge on any atom is 0.573 e. The molecule has 7 aliphatic heterocycles. The minimum Gasteiger partial charge on any atom is -0.508 e. The number of hydroxylamine groups is 1. The monoisotopic (exact) mass is 1760 g/mol. The van der Waals surface area contributed by atoms with Crippen LogP contribution in [0.15, 0.2) is 122 Å². The number of aromatic hydroxyl groups is 3. The van der Waals surface area contributed by atoms with Crippen LogP contribution < -0.4 is 78.0 Å². The number of hydrogen-bond donors (Lipinski definition) is 21. The van der Waals surface area contributed by atoms with Gasteiger partial charge in [-0.15, -0.1) is 13.2 Å². The van der Waals surface area contributed by atoms with E-state index in [0.29, 0.717) is 5.56 Å². The first-order valence-corrected chi connectivity index (χ1v) is 38.7. The number of amides is 9. The molecule has 0 unspecified atom stereocenters. The van der Waals surface area contributed by atoms with Crippen LogP contribution in [0.2, 0.25) is 10.0 Å². The van der Waals surface area contributed by atoms with E-state index >= 15 is 19.2 Å². The van der Waals surface area contributed by atoms with E-state index in [0.717, 1.165) is 84.9 Å². The summed E-state index contributed by atoms with van der Waals surface area (Å²) in [6.07, 6.45) is -22.5. The molecular weight excluding hydrogens is 1670 g/mol. The van der Waals surface area contributed by atoms with Gasteiger partial charge in [0.2, 0.25) is 53.4 Å². The number of rotatable bonds is 19. The van der Waals surface area contributed by atoms with E-state index in [4.69, 9.17) is 57.4 Å². The molecule has 6 aromatic carbocycles. The van der Waals surface area contributed by atoms with Gasteiger partial charge in [0.25, 0.3) is 11.8 Å². The third kappa shape index (κ3) is 20.4. The van der Waals surface area contributed by atoms with Crippen LogP contribution >= 0.6 is 23.2 Å². The molecule has 0 spiro atoms. The molecule has 9 amide bonds. The van der Waals surface area contributed by atoms with Crippen molar-refractivity contribution in [2.24, 2.45) is 11.7 Å². The van der Waals surface area contributed by atoms with Crippen LogP contribution in [0, 0.1) is 5.92 Å². The summed E-state index contributed by atoms with van der Waals surface area (Å²) in [5, 5.41) is 138. The van der Waals surface area contributed by atoms with Crippen LogP contribution in [-0.4, -0.2) is 208 Å². The molecule has 38 nitrogen and oxygen atoms in total. The Hall–Kier alpha value is -11.8. The van der Waals surface area contributed by atoms with Gasteiger partial charge in [-0.05, 0) is 139 Å². The van der Waals surface area contributed by atoms with Crippen LogP contribution in [0.1, 0.15) is 121 Å². The van der Waals surface area contributed by atoms with Crippen molar-refractivity contribution >= 4 is 82.1 Å². The number of carbonyl (C=O) groups is 9. The van der Waals surface area contributed by atoms with Gasteiger partial charge in [0.1, 0.15) is 101 Å². The molecule has 8 heterocycles. The number of primary amides is 1. The Morgan fingerprint density at radius 3 is 2.01 bits per heavy atom. The number of alkyl halides is 3. The SMILES string of the molecule is CN[C@H](CC(C)C)C(=O)N[C@H]1C(=O)N[C@@H](CC(N)=O)C(=O)N[C@H]2C(=O)N[C@H]3C(=O)N[C@H](C(=O)N[C@@H](C(=O)NO)c4cc(O)cc(O)c4-c4cc3ccc4O)[C@H](O)c3ccc(c(Cl)c3)Oc3cc2cc(c3O[C@@H]2O[C@H](CO)[C@@H](O)[C@H](O)[C@H]2O[C@H]2C[C@](C)(NCc3cncc(C(=O)Nc4cccc(OC(F)(F)F)c4)c3)[C@H](O)[C@H](C)O2)Oc2ccc(cc2Cl)[C@H]1O. The van der Waals surface area contributed by atoms with E-state index in [-0.39, 0.29) is 47.7 Å². The summed E-state index contributed by atoms with van der Waals surface area (Å²) in [6, 6.07) is 4.68. The van der Waals surface area contributed by atoms with Gasteiger partial charge in [-0.1, -0.05) is 61.3 Å². The maximum absolute atomic E-state index is 16.3. The lowest BCUT2D eigenvalue weighted by Crippen LogP contribution is -2.65. The summed E-state index contributed by atoms with van der Waals surface area (Å²) >= 11 is 14.3. The summed E-state index contributed by atoms with van der Waals surface area (Å²) in [7, 11) is 1.45. The fourth-order valence-electron chi connectivity index (χ4n) is 14.7. The van der Waals surface area contributed by atoms with E-state index in [1.807, 2.05) is 0 Å². The highest BCUT2D eigenvalue weighted by Gasteiger charge is 2.52. The average molecular weight is 1760 g/mol. The second-order valence-electron chi connectivity index (χ2n) is 30.2. The van der Waals surface area contributed by atoms with Gasteiger partial charge in [0.15, 0.2) is 23.9 Å². The number of aliphatic hydroxyl groups is 6. The molecule has 14 rings (SSSR count). The third-order valence-corrected chi connectivity index (χ3v) is 21.5. The van der Waals surface area contributed by atoms with Crippen LogP contribution in [-0.2, 0) is 59.1 Å². The number of nitrogens with one attached hydrogen (secondary N) is 10. The van der Waals surface area contributed by atoms with Crippen LogP contribution in [0.3, 0.4) is 0 Å². The van der Waals surface area contributed by atoms with Crippen LogP contribution in [0.25, 0.3) is 11.1 Å². The van der Waals surface area contributed by atoms with E-state index < -0.39 is 271 Å². The van der Waals surface area contributed by atoms with Crippen LogP contribution in [0.4, 0.5) is 18.9 Å². The normalized spacial score (nSPS) is 26.3. The number of carbonyl (C=O) groups excluding carboxylic acids is 9. The van der Waals surface area contributed by atoms with Crippen molar-refractivity contribution in [1.29, 1.82) is 0 Å². The van der Waals surface area contributed by atoms with Crippen molar-refractivity contribution in [2.75, 3.05) is 19.0 Å². The largest absolute Gasteiger partial charge is 0.573 e. The molecular formula is C80H85Cl2F3N12O26. The summed E-state index contributed by atoms with van der Waals surface area (Å²) in [5.41, 5.74) is 2.86. The maximum atomic E-state index is 16.3. The first-order chi connectivity index (χ1) is 58.2. The molecule has 43 heteroatoms. The van der Waals surface area contributed by atoms with Gasteiger partial charge in [-0.25, -0.2) is 5.48 Å². The van der Waals surface area contributed by atoms with Crippen molar-refractivity contribution in [3.8, 4) is 62.9 Å². The Bertz CT molecular complexity index is 5240. The highest BCUT2D eigenvalue weighted by molar-refractivity contribution is 6.32. The quantitative estimate of drug-likeness (QED) is 0.0409. The van der Waals surface area contributed by atoms with Crippen molar-refractivity contribution in [2.45, 2.75) is 169 Å². The molecule has 18 atom stereocenters. The summed E-state index contributed by atoms with van der Waals surface area (Å²) in [4.78, 5) is 136. The zero-order chi connectivity index (χ0) is 89.1. The lowest BCUT2D eigenvalue weighted by atomic mass is 9.84. The Morgan fingerprint density at radius 1 is 0.724 bits per heavy atom. The molecule has 0 aliphatic carbocycles. The highest BCUT2D eigenvalue weighted by Crippen LogP contribution is 2.50. The number of pyridine rings is 1. The molecule has 2 saturated heterocycles. The Balaban J connectivity index is 1.01. The number of phenols is 3. The van der Waals surface area contributed by atoms with E-state index in [1.165, 1.54) is 56.1 Å². The van der Waals surface area contributed by atoms with Gasteiger partial charge in [-0.3, -0.25) is 53.3 Å². The first-order valence-electron chi connectivity index (χ1n) is 38.0. The fraction of sp³-hybridized carbons (Fsp3) is 0.375. The number of aromatic nitrogens is 1. The van der Waals surface area contributed by atoms with Gasteiger partial charge in [0.05, 0.1) is 46.9 Å². The number of anilines is 1. The number of phenolic OH excluding ortho intramolecular Hbond substituents is 3. The Morgan fingerprint density at radius 2 is 1.37 bits per heavy atom. The van der Waals surface area contributed by atoms with Crippen LogP contribution in [0.5, 0.6) is 51.7 Å². The Kier molecular flexibility index (Phi) is 27.6. The topological polar surface area (TPSA) is 580 Å². The lowest BCUT2D eigenvalue weighted by molar-refractivity contribution is -0.334. The molecule has 22 N–H and O–H groups in total. The smallest absolute Gasteiger partial charge is 0.508 e. The number of nitrogens with zero attached hydrogens (tertiary/aromatic N) is 1. The predicted octanol–water partition coefficient (Wildman–Crippen LogP) is 2.90. The number of nitrogens with two attached hydrogens (primary N) is 1. The highest BCUT2D eigenvalue weighted by atomic mass is 35.5. The summed E-state index contributed by atoms with van der Waals surface area (Å²) in [6.45, 7) is 5.41. The van der Waals surface area contributed by atoms with Gasteiger partial charge < -0.3 is 133 Å². The first kappa shape index (κ1) is 90.4. The number of benzene rings is 6. The number of ether oxygens (including phenoxy) is 7. The number of likely N-dealkylation sites (N-methyl/N-ethyl adjacent to an activating group) is 1. The minimum absolute atomic E-state index is 0.0501. The van der Waals surface area contributed by atoms with Gasteiger partial charge in [0, 0.05) is 59.8 Å². The van der Waals surface area contributed by atoms with E-state index in [2.05, 4.69) is 57.6 Å². The molecule has 2 fully saturated rings. The van der Waals surface area contributed by atoms with E-state index in [1.54, 1.807) is 20.8 Å². The summed E-state index contributed by atoms with van der Waals surface area (Å²) in [5.74, 6) is -17.7. The minimum atomic E-state index is -5.03. The average Bonchev–Trinajstić information content (AvgIpc) is 0.765. The molecule has 656 valence electrons. The Labute approximate surface area is 705 Å². The van der Waals surface area contributed by atoms with Gasteiger partial charge >= 0.3 is 6.36 Å². The number of fused-ring (bicyclic) bond motifs is 15. The second-order valence-corrected chi connectivity index (χ2v) is 31.0. The standard InChI is InChI=1S/C80H85Cl2F3N12O26/c1-31(2)15-46(87-5)71(109)95-61-63(103)35-10-13-50(44(81)18-35)118-52-20-37-21-53(67(52)122-78-68(66(106)65(105)54(30-98)120-78)121-56-26-79(4,69(107)32(3)117-56)89-28-33-16-38(29-88-27-33)70(108)90-39-7-6-8-41(22-39)123-80(83,84)85)119-51-14-11-36(19-45(51)82)64(104)62-76(114)94-60(77(115)97-116)43-23-40(99)24-49(101)57(43)42-17-34(9-12-48(42)100)58(73(111)96-62)93-74(112)59(37)92-72(110)47(25-55(86)102)91-75(61)113/h6-14,16-24,27,29,31-32,46-47,54,56,58-66,68-69,78,87,89,98-101,103-107,116H,15,25-26,28,30H2,1-5H3,(H2,86,102)(H,90,108)(H,91,113)(H,92,110)(H,93,112)(H,94,114)(H,95,109)(H,96,111)(H,97,115)/t32-,46+,47-,54+,56-,58+,59+,60+,61+,62-,63+,64+,65+,66-,68+,69+,78-,79-/m0/s1. The van der Waals surface area contributed by atoms with Crippen molar-refractivity contribution < 1.29 is 141 Å². The van der Waals surface area contributed by atoms with Crippen molar-refractivity contribution in [3.63, 3.8) is 0 Å². The van der Waals surface area contributed by atoms with E-state index in [9.17, 15) is 88.3 Å².